The first kappa shape index (κ1) is 70.8. The summed E-state index contributed by atoms with van der Waals surface area (Å²) >= 11 is 0. The van der Waals surface area contributed by atoms with Gasteiger partial charge >= 0.3 is 0 Å². The van der Waals surface area contributed by atoms with E-state index in [0.29, 0.717) is 0 Å². The van der Waals surface area contributed by atoms with Crippen molar-refractivity contribution < 1.29 is 0 Å². The van der Waals surface area contributed by atoms with Crippen LogP contribution in [0.4, 0.5) is 68.2 Å². The quantitative estimate of drug-likeness (QED) is 0.0906. The van der Waals surface area contributed by atoms with Crippen LogP contribution in [0.15, 0.2) is 449 Å². The molecule has 0 amide bonds. The van der Waals surface area contributed by atoms with Crippen LogP contribution in [-0.4, -0.2) is 9.13 Å². The Hall–Kier alpha value is -15.8. The van der Waals surface area contributed by atoms with E-state index in [2.05, 4.69) is 491 Å². The largest absolute Gasteiger partial charge is 0.310 e. The van der Waals surface area contributed by atoms with E-state index in [-0.39, 0.29) is 0 Å². The van der Waals surface area contributed by atoms with Crippen LogP contribution in [-0.2, 0) is 0 Å². The molecule has 0 aliphatic heterocycles. The van der Waals surface area contributed by atoms with E-state index in [1.165, 1.54) is 54.6 Å². The predicted molar refractivity (Wildman–Crippen MR) is 510 cm³/mol. The third kappa shape index (κ3) is 12.3. The normalized spacial score (nSPS) is 11.6. The molecule has 0 aliphatic rings. The van der Waals surface area contributed by atoms with Gasteiger partial charge in [0.1, 0.15) is 0 Å². The molecule has 0 aliphatic carbocycles. The van der Waals surface area contributed by atoms with Gasteiger partial charge in [-0.15, -0.1) is 0 Å². The third-order valence-corrected chi connectivity index (χ3v) is 24.0. The molecule has 0 spiro atoms. The lowest BCUT2D eigenvalue weighted by Gasteiger charge is -2.29. The summed E-state index contributed by atoms with van der Waals surface area (Å²) in [6.45, 7) is 4.38. The minimum absolute atomic E-state index is 1.02. The Morgan fingerprint density at radius 3 is 0.650 bits per heavy atom. The second kappa shape index (κ2) is 29.8. The summed E-state index contributed by atoms with van der Waals surface area (Å²) in [5, 5.41) is 14.1. The van der Waals surface area contributed by atoms with E-state index in [9.17, 15) is 0 Å². The smallest absolute Gasteiger partial charge is 0.0568 e. The molecule has 0 N–H and O–H groups in total. The van der Waals surface area contributed by atoms with Crippen LogP contribution in [0.2, 0.25) is 0 Å². The fourth-order valence-electron chi connectivity index (χ4n) is 18.7. The summed E-state index contributed by atoms with van der Waals surface area (Å²) in [4.78, 5) is 9.84. The second-order valence-corrected chi connectivity index (χ2v) is 31.3. The molecule has 0 bridgehead atoms. The lowest BCUT2D eigenvalue weighted by molar-refractivity contribution is 1.18. The number of aryl methyl sites for hydroxylation is 2. The first-order valence-electron chi connectivity index (χ1n) is 41.3. The van der Waals surface area contributed by atoms with Crippen molar-refractivity contribution in [2.45, 2.75) is 13.8 Å². The van der Waals surface area contributed by atoms with Crippen LogP contribution in [0.5, 0.6) is 0 Å². The Labute approximate surface area is 697 Å². The second-order valence-electron chi connectivity index (χ2n) is 31.3. The summed E-state index contributed by atoms with van der Waals surface area (Å²) in [6.07, 6.45) is 0. The van der Waals surface area contributed by atoms with Gasteiger partial charge in [0, 0.05) is 100.0 Å². The Kier molecular flexibility index (Phi) is 17.6. The number of hydrogen-bond donors (Lipinski definition) is 0. The van der Waals surface area contributed by atoms with Crippen molar-refractivity contribution in [2.75, 3.05) is 19.6 Å². The monoisotopic (exact) mass is 1530 g/mol. The number of benzene rings is 20. The van der Waals surface area contributed by atoms with Crippen molar-refractivity contribution in [3.8, 4) is 44.8 Å². The van der Waals surface area contributed by atoms with E-state index in [4.69, 9.17) is 0 Å². The maximum Gasteiger partial charge on any atom is 0.0568 e. The van der Waals surface area contributed by atoms with Crippen molar-refractivity contribution in [3.05, 3.63) is 460 Å². The average molecular weight is 1530 g/mol. The van der Waals surface area contributed by atoms with Crippen molar-refractivity contribution in [1.82, 2.24) is 9.13 Å². The number of aromatic nitrogens is 2. The van der Waals surface area contributed by atoms with Crippen LogP contribution in [0.25, 0.3) is 131 Å². The van der Waals surface area contributed by atoms with Gasteiger partial charge in [-0.1, -0.05) is 303 Å². The van der Waals surface area contributed by atoms with Gasteiger partial charge < -0.3 is 28.7 Å². The van der Waals surface area contributed by atoms with Gasteiger partial charge in [0.15, 0.2) is 0 Å². The van der Waals surface area contributed by atoms with E-state index >= 15 is 0 Å². The topological polar surface area (TPSA) is 22.8 Å². The molecule has 0 radical (unpaired) electrons. The zero-order valence-electron chi connectivity index (χ0n) is 66.4. The zero-order valence-corrected chi connectivity index (χ0v) is 66.4. The fourth-order valence-corrected chi connectivity index (χ4v) is 18.7. The first-order chi connectivity index (χ1) is 59.4. The van der Waals surface area contributed by atoms with Crippen LogP contribution >= 0.6 is 0 Å². The lowest BCUT2D eigenvalue weighted by Crippen LogP contribution is -2.11. The Bertz CT molecular complexity index is 7620. The van der Waals surface area contributed by atoms with Crippen LogP contribution in [0, 0.1) is 13.8 Å². The van der Waals surface area contributed by atoms with Gasteiger partial charge in [0.25, 0.3) is 0 Å². The summed E-state index contributed by atoms with van der Waals surface area (Å²) in [5.74, 6) is 0. The highest BCUT2D eigenvalue weighted by molar-refractivity contribution is 6.34. The number of para-hydroxylation sites is 4. The Morgan fingerprint density at radius 2 is 0.367 bits per heavy atom. The van der Waals surface area contributed by atoms with Crippen molar-refractivity contribution in [3.63, 3.8) is 0 Å². The van der Waals surface area contributed by atoms with Crippen LogP contribution in [0.3, 0.4) is 0 Å². The molecule has 2 aromatic heterocycles. The molecule has 0 saturated heterocycles. The maximum atomic E-state index is 2.54. The standard InChI is InChI=1S/C114H80N6/c1-77-33-29-49-91(69-77)116(87-45-17-7-18-46-87)104-74-108-112(100-58-26-22-54-96(100)104)114-102-60-28-24-56-98(102)106(76-110(114)120(108)90-67-63-82(64-68-90)80-37-11-4-12-38-80)118(92-50-30-34-78(2)70-92)94-52-32-40-84(72-94)83-39-31-51-93(71-83)117(88-47-19-8-20-48-88)105-75-109-113(101-59-27-23-55-97(101)105)111-99-57-25-21-53-95(99)103(115(85-41-13-5-14-42-85)86-43-15-6-16-44-86)73-107(111)119(109)89-65-61-81(62-66-89)79-35-9-3-10-36-79/h3-76H,1-2H3. The molecule has 0 saturated carbocycles. The van der Waals surface area contributed by atoms with Gasteiger partial charge in [-0.05, 0) is 225 Å². The molecule has 120 heavy (non-hydrogen) atoms. The molecule has 22 rings (SSSR count). The number of fused-ring (bicyclic) bond motifs is 14. The zero-order chi connectivity index (χ0) is 79.7. The number of hydrogen-bond acceptors (Lipinski definition) is 4. The molecule has 22 aromatic rings. The van der Waals surface area contributed by atoms with E-state index in [0.717, 1.165) is 156 Å². The summed E-state index contributed by atoms with van der Waals surface area (Å²) in [7, 11) is 0. The van der Waals surface area contributed by atoms with Gasteiger partial charge in [0.05, 0.1) is 44.8 Å². The molecule has 6 heteroatoms. The van der Waals surface area contributed by atoms with Crippen molar-refractivity contribution in [2.24, 2.45) is 0 Å². The maximum absolute atomic E-state index is 2.54. The molecule has 2 heterocycles. The van der Waals surface area contributed by atoms with E-state index < -0.39 is 0 Å². The molecular weight excluding hydrogens is 1450 g/mol. The van der Waals surface area contributed by atoms with Crippen LogP contribution in [0.1, 0.15) is 11.1 Å². The minimum Gasteiger partial charge on any atom is -0.310 e. The predicted octanol–water partition coefficient (Wildman–Crippen LogP) is 32.0. The molecule has 0 fully saturated rings. The molecule has 0 atom stereocenters. The third-order valence-electron chi connectivity index (χ3n) is 24.0. The van der Waals surface area contributed by atoms with Crippen molar-refractivity contribution >= 4 is 155 Å². The van der Waals surface area contributed by atoms with Gasteiger partial charge in [-0.2, -0.15) is 0 Å². The minimum atomic E-state index is 1.02. The summed E-state index contributed by atoms with van der Waals surface area (Å²) in [6, 6.07) is 165. The molecule has 20 aromatic carbocycles. The fraction of sp³-hybridized carbons (Fsp3) is 0.0175. The van der Waals surface area contributed by atoms with E-state index in [1.807, 2.05) is 0 Å². The lowest BCUT2D eigenvalue weighted by atomic mass is 9.96. The molecule has 566 valence electrons. The number of nitrogens with zero attached hydrogens (tertiary/aromatic N) is 6. The molecular formula is C114H80N6. The molecule has 6 nitrogen and oxygen atoms in total. The SMILES string of the molecule is Cc1cccc(N(c2ccccc2)c2cc3c(c4ccccc24)c2c4ccccc4c(N(c4cccc(C)c4)c4cccc(-c5cccc(N(c6ccccc6)c6cc7c(c8ccccc68)c6c8ccccc8c(N(c8ccccc8)c8ccccc8)cc6n7-c6ccc(-c7ccccc7)cc6)c5)c4)cc2n3-c2ccc(-c3ccccc3)cc2)c1. The average Bonchev–Trinajstić information content (AvgIpc) is 1.54. The highest BCUT2D eigenvalue weighted by atomic mass is 15.2. The Morgan fingerprint density at radius 1 is 0.158 bits per heavy atom. The highest BCUT2D eigenvalue weighted by Gasteiger charge is 2.30. The van der Waals surface area contributed by atoms with Gasteiger partial charge in [-0.25, -0.2) is 0 Å². The number of rotatable bonds is 17. The summed E-state index contributed by atoms with van der Waals surface area (Å²) < 4.78 is 5.06. The Balaban J connectivity index is 0.748. The summed E-state index contributed by atoms with van der Waals surface area (Å²) in [5.41, 5.74) is 28.5. The first-order valence-corrected chi connectivity index (χ1v) is 41.3. The number of anilines is 12. The van der Waals surface area contributed by atoms with Gasteiger partial charge in [0.2, 0.25) is 0 Å². The van der Waals surface area contributed by atoms with Crippen LogP contribution < -0.4 is 19.6 Å². The van der Waals surface area contributed by atoms with Crippen molar-refractivity contribution in [1.29, 1.82) is 0 Å². The van der Waals surface area contributed by atoms with Gasteiger partial charge in [-0.3, -0.25) is 0 Å². The molecule has 0 unspecified atom stereocenters. The highest BCUT2D eigenvalue weighted by Crippen LogP contribution is 2.54. The van der Waals surface area contributed by atoms with E-state index in [1.54, 1.807) is 0 Å².